The molecule has 1 aliphatic heterocycles. The van der Waals surface area contributed by atoms with Crippen LogP contribution in [0.1, 0.15) is 5.69 Å². The summed E-state index contributed by atoms with van der Waals surface area (Å²) in [5, 5.41) is 3.27. The summed E-state index contributed by atoms with van der Waals surface area (Å²) in [7, 11) is -3.64. The van der Waals surface area contributed by atoms with E-state index in [0.717, 1.165) is 28.0 Å². The van der Waals surface area contributed by atoms with Crippen LogP contribution in [0.4, 0.5) is 23.1 Å². The second kappa shape index (κ2) is 9.37. The van der Waals surface area contributed by atoms with Gasteiger partial charge in [-0.2, -0.15) is 4.98 Å². The van der Waals surface area contributed by atoms with Gasteiger partial charge in [0.2, 0.25) is 5.95 Å². The van der Waals surface area contributed by atoms with Crippen molar-refractivity contribution < 1.29 is 13.2 Å². The first-order valence-corrected chi connectivity index (χ1v) is 12.3. The normalized spacial score (nSPS) is 14.3. The number of benzene rings is 2. The first-order chi connectivity index (χ1) is 14.9. The van der Waals surface area contributed by atoms with E-state index in [2.05, 4.69) is 47.5 Å². The molecule has 0 bridgehead atoms. The number of halogens is 1. The molecule has 4 rings (SSSR count). The Balaban J connectivity index is 1.46. The molecule has 0 unspecified atom stereocenters. The third-order valence-corrected chi connectivity index (χ3v) is 6.79. The van der Waals surface area contributed by atoms with E-state index in [-0.39, 0.29) is 4.90 Å². The lowest BCUT2D eigenvalue weighted by Gasteiger charge is -2.27. The summed E-state index contributed by atoms with van der Waals surface area (Å²) >= 11 is 2.14. The molecule has 0 spiro atoms. The van der Waals surface area contributed by atoms with E-state index >= 15 is 0 Å². The number of nitrogens with one attached hydrogen (secondary N) is 2. The second-order valence-electron chi connectivity index (χ2n) is 7.06. The highest BCUT2D eigenvalue weighted by atomic mass is 127. The van der Waals surface area contributed by atoms with Crippen molar-refractivity contribution in [3.63, 3.8) is 0 Å². The van der Waals surface area contributed by atoms with Gasteiger partial charge < -0.3 is 15.0 Å². The van der Waals surface area contributed by atoms with Crippen molar-refractivity contribution in [1.29, 1.82) is 0 Å². The molecule has 0 amide bonds. The van der Waals surface area contributed by atoms with Crippen LogP contribution >= 0.6 is 22.6 Å². The minimum absolute atomic E-state index is 0.224. The van der Waals surface area contributed by atoms with Gasteiger partial charge in [0.05, 0.1) is 18.1 Å². The number of aromatic nitrogens is 2. The van der Waals surface area contributed by atoms with Gasteiger partial charge in [0.15, 0.2) is 0 Å². The SMILES string of the molecule is Cc1cc(Nc2ccc(NS(=O)(=O)c3ccc(I)cc3)cc2)nc(N2CCOCC2)n1. The number of anilines is 4. The topological polar surface area (TPSA) is 96.5 Å². The van der Waals surface area contributed by atoms with Crippen LogP contribution in [0.3, 0.4) is 0 Å². The van der Waals surface area contributed by atoms with Crippen LogP contribution in [0.2, 0.25) is 0 Å². The number of nitrogens with zero attached hydrogens (tertiary/aromatic N) is 3. The molecular weight excluding hydrogens is 529 g/mol. The monoisotopic (exact) mass is 551 g/mol. The molecule has 2 heterocycles. The molecule has 1 aromatic heterocycles. The van der Waals surface area contributed by atoms with Gasteiger partial charge in [-0.25, -0.2) is 13.4 Å². The zero-order chi connectivity index (χ0) is 21.8. The fourth-order valence-electron chi connectivity index (χ4n) is 3.12. The maximum absolute atomic E-state index is 12.6. The van der Waals surface area contributed by atoms with Gasteiger partial charge in [-0.1, -0.05) is 0 Å². The van der Waals surface area contributed by atoms with E-state index in [0.29, 0.717) is 30.7 Å². The van der Waals surface area contributed by atoms with Crippen molar-refractivity contribution in [2.75, 3.05) is 41.2 Å². The van der Waals surface area contributed by atoms with E-state index in [1.54, 1.807) is 48.5 Å². The minimum Gasteiger partial charge on any atom is -0.378 e. The largest absolute Gasteiger partial charge is 0.378 e. The molecule has 1 aliphatic rings. The van der Waals surface area contributed by atoms with E-state index in [4.69, 9.17) is 4.74 Å². The highest BCUT2D eigenvalue weighted by Gasteiger charge is 2.16. The molecule has 162 valence electrons. The molecule has 31 heavy (non-hydrogen) atoms. The molecule has 0 atom stereocenters. The molecule has 1 fully saturated rings. The Hall–Kier alpha value is -2.44. The number of sulfonamides is 1. The van der Waals surface area contributed by atoms with Crippen LogP contribution in [-0.2, 0) is 14.8 Å². The fourth-order valence-corrected chi connectivity index (χ4v) is 4.54. The van der Waals surface area contributed by atoms with E-state index < -0.39 is 10.0 Å². The summed E-state index contributed by atoms with van der Waals surface area (Å²) in [5.74, 6) is 1.36. The lowest BCUT2D eigenvalue weighted by atomic mass is 10.3. The Morgan fingerprint density at radius 1 is 0.968 bits per heavy atom. The van der Waals surface area contributed by atoms with E-state index in [9.17, 15) is 8.42 Å². The van der Waals surface area contributed by atoms with E-state index in [1.165, 1.54) is 0 Å². The van der Waals surface area contributed by atoms with Gasteiger partial charge in [0.25, 0.3) is 10.0 Å². The fraction of sp³-hybridized carbons (Fsp3) is 0.238. The Kier molecular flexibility index (Phi) is 6.58. The zero-order valence-corrected chi connectivity index (χ0v) is 19.9. The quantitative estimate of drug-likeness (QED) is 0.451. The molecule has 0 radical (unpaired) electrons. The van der Waals surface area contributed by atoms with Crippen molar-refractivity contribution in [2.45, 2.75) is 11.8 Å². The molecule has 8 nitrogen and oxygen atoms in total. The summed E-state index contributed by atoms with van der Waals surface area (Å²) in [4.78, 5) is 11.5. The standard InChI is InChI=1S/C21H22IN5O3S/c1-15-14-20(25-21(23-15)27-10-12-30-13-11-27)24-17-4-6-18(7-5-17)26-31(28,29)19-8-2-16(22)3-9-19/h2-9,14,26H,10-13H2,1H3,(H,23,24,25). The summed E-state index contributed by atoms with van der Waals surface area (Å²) in [5.41, 5.74) is 2.14. The predicted molar refractivity (Wildman–Crippen MR) is 129 cm³/mol. The highest BCUT2D eigenvalue weighted by Crippen LogP contribution is 2.22. The minimum atomic E-state index is -3.64. The predicted octanol–water partition coefficient (Wildman–Crippen LogP) is 3.77. The molecule has 1 saturated heterocycles. The van der Waals surface area contributed by atoms with Crippen LogP contribution in [-0.4, -0.2) is 44.7 Å². The zero-order valence-electron chi connectivity index (χ0n) is 16.9. The van der Waals surface area contributed by atoms with Gasteiger partial charge in [0, 0.05) is 39.8 Å². The average molecular weight is 551 g/mol. The van der Waals surface area contributed by atoms with Crippen LogP contribution in [0.5, 0.6) is 0 Å². The van der Waals surface area contributed by atoms with Crippen molar-refractivity contribution in [3.05, 3.63) is 63.9 Å². The first-order valence-electron chi connectivity index (χ1n) is 9.73. The maximum atomic E-state index is 12.6. The molecule has 2 aromatic carbocycles. The van der Waals surface area contributed by atoms with Gasteiger partial charge in [-0.15, -0.1) is 0 Å². The Labute approximate surface area is 195 Å². The molecular formula is C21H22IN5O3S. The average Bonchev–Trinajstić information content (AvgIpc) is 2.75. The van der Waals surface area contributed by atoms with Gasteiger partial charge in [-0.3, -0.25) is 4.72 Å². The Bertz CT molecular complexity index is 1150. The number of hydrogen-bond acceptors (Lipinski definition) is 7. The number of morpholine rings is 1. The molecule has 0 saturated carbocycles. The number of rotatable bonds is 6. The smallest absolute Gasteiger partial charge is 0.261 e. The Morgan fingerprint density at radius 3 is 2.29 bits per heavy atom. The van der Waals surface area contributed by atoms with Crippen LogP contribution in [0, 0.1) is 10.5 Å². The molecule has 0 aliphatic carbocycles. The number of hydrogen-bond donors (Lipinski definition) is 2. The van der Waals surface area contributed by atoms with Gasteiger partial charge in [0.1, 0.15) is 5.82 Å². The Morgan fingerprint density at radius 2 is 1.61 bits per heavy atom. The van der Waals surface area contributed by atoms with Crippen LogP contribution in [0.15, 0.2) is 59.5 Å². The third kappa shape index (κ3) is 5.63. The van der Waals surface area contributed by atoms with Crippen molar-refractivity contribution in [3.8, 4) is 0 Å². The van der Waals surface area contributed by atoms with Gasteiger partial charge >= 0.3 is 0 Å². The summed E-state index contributed by atoms with van der Waals surface area (Å²) in [6, 6.07) is 15.6. The van der Waals surface area contributed by atoms with Gasteiger partial charge in [-0.05, 0) is 78.0 Å². The van der Waals surface area contributed by atoms with Crippen molar-refractivity contribution in [1.82, 2.24) is 9.97 Å². The van der Waals surface area contributed by atoms with Crippen LogP contribution in [0.25, 0.3) is 0 Å². The molecule has 3 aromatic rings. The number of ether oxygens (including phenoxy) is 1. The summed E-state index contributed by atoms with van der Waals surface area (Å²) < 4.78 is 34.1. The van der Waals surface area contributed by atoms with E-state index in [1.807, 2.05) is 13.0 Å². The summed E-state index contributed by atoms with van der Waals surface area (Å²) in [6.07, 6.45) is 0. The molecule has 2 N–H and O–H groups in total. The maximum Gasteiger partial charge on any atom is 0.261 e. The molecule has 10 heteroatoms. The van der Waals surface area contributed by atoms with Crippen molar-refractivity contribution >= 4 is 55.8 Å². The highest BCUT2D eigenvalue weighted by molar-refractivity contribution is 14.1. The summed E-state index contributed by atoms with van der Waals surface area (Å²) in [6.45, 7) is 4.79. The number of aryl methyl sites for hydroxylation is 1. The third-order valence-electron chi connectivity index (χ3n) is 4.67. The lowest BCUT2D eigenvalue weighted by molar-refractivity contribution is 0.122. The second-order valence-corrected chi connectivity index (χ2v) is 9.98. The first kappa shape index (κ1) is 21.8. The van der Waals surface area contributed by atoms with Crippen molar-refractivity contribution in [2.24, 2.45) is 0 Å². The van der Waals surface area contributed by atoms with Crippen LogP contribution < -0.4 is 14.9 Å². The lowest BCUT2D eigenvalue weighted by Crippen LogP contribution is -2.37.